The fourth-order valence-corrected chi connectivity index (χ4v) is 5.31. The van der Waals surface area contributed by atoms with Gasteiger partial charge in [-0.1, -0.05) is 24.6 Å². The maximum Gasteiger partial charge on any atom is 0.434 e. The van der Waals surface area contributed by atoms with Crippen LogP contribution in [0.25, 0.3) is 0 Å². The summed E-state index contributed by atoms with van der Waals surface area (Å²) in [5.41, 5.74) is 5.19. The minimum absolute atomic E-state index is 0.112. The Kier molecular flexibility index (Phi) is 7.10. The maximum absolute atomic E-state index is 14.8. The number of carbonyl (C=O) groups excluding carboxylic acids is 1. The second-order valence-electron chi connectivity index (χ2n) is 7.66. The van der Waals surface area contributed by atoms with Gasteiger partial charge in [0.05, 0.1) is 10.5 Å². The van der Waals surface area contributed by atoms with Crippen molar-refractivity contribution in [3.8, 4) is 0 Å². The summed E-state index contributed by atoms with van der Waals surface area (Å²) in [5.74, 6) is -4.31. The van der Waals surface area contributed by atoms with Gasteiger partial charge in [-0.25, -0.2) is 22.7 Å². The topological polar surface area (TPSA) is 191 Å². The number of hydrogen-bond donors (Lipinski definition) is 3. The van der Waals surface area contributed by atoms with E-state index in [2.05, 4.69) is 9.82 Å². The molecule has 0 spiro atoms. The first-order chi connectivity index (χ1) is 16.2. The van der Waals surface area contributed by atoms with Gasteiger partial charge in [-0.3, -0.25) is 14.9 Å². The number of aromatic amines is 1. The van der Waals surface area contributed by atoms with Crippen LogP contribution in [0.1, 0.15) is 51.8 Å². The van der Waals surface area contributed by atoms with Crippen LogP contribution in [0, 0.1) is 29.8 Å². The predicted octanol–water partition coefficient (Wildman–Crippen LogP) is 2.60. The van der Waals surface area contributed by atoms with Crippen molar-refractivity contribution in [3.05, 3.63) is 83.9 Å². The van der Waals surface area contributed by atoms with Gasteiger partial charge in [0.2, 0.25) is 21.8 Å². The fraction of sp³-hybridized carbons (Fsp3) is 0.250. The first-order valence-corrected chi connectivity index (χ1v) is 11.7. The van der Waals surface area contributed by atoms with Crippen LogP contribution < -0.4 is 16.2 Å². The molecule has 12 nitrogen and oxygen atoms in total. The standard InChI is InChI=1S/C20H19ClFN5O7S/c1-8-4-5-13(22)16(9(8)2)10(3)17(19-24-25-20(29)34-19)26-35(32,33)15-7-14(27(30)31)12(21)6-11(15)18(23)28/h4-7,10,17,26H,1-3H3,(H2,23,28)(H,25,29)/t10-,17+/m1/s1. The van der Waals surface area contributed by atoms with Gasteiger partial charge >= 0.3 is 5.76 Å². The van der Waals surface area contributed by atoms with Crippen molar-refractivity contribution >= 4 is 33.2 Å². The Labute approximate surface area is 202 Å². The molecule has 3 rings (SSSR count). The second-order valence-corrected chi connectivity index (χ2v) is 9.75. The van der Waals surface area contributed by atoms with Gasteiger partial charge in [0.1, 0.15) is 21.8 Å². The van der Waals surface area contributed by atoms with Crippen LogP contribution in [0.2, 0.25) is 5.02 Å². The molecule has 0 aliphatic rings. The van der Waals surface area contributed by atoms with Crippen molar-refractivity contribution in [3.63, 3.8) is 0 Å². The van der Waals surface area contributed by atoms with Gasteiger partial charge in [-0.15, -0.1) is 5.10 Å². The molecule has 0 fully saturated rings. The Morgan fingerprint density at radius 1 is 1.34 bits per heavy atom. The summed E-state index contributed by atoms with van der Waals surface area (Å²) in [5, 5.41) is 16.5. The SMILES string of the molecule is Cc1ccc(F)c([C@@H](C)[C@H](NS(=O)(=O)c2cc([N+](=O)[O-])c(Cl)cc2C(N)=O)c2n[nH]c(=O)o2)c1C. The molecule has 3 aromatic rings. The number of nitro benzene ring substituents is 1. The van der Waals surface area contributed by atoms with E-state index in [0.29, 0.717) is 17.2 Å². The summed E-state index contributed by atoms with van der Waals surface area (Å²) in [6.45, 7) is 4.82. The summed E-state index contributed by atoms with van der Waals surface area (Å²) in [6, 6.07) is 2.60. The number of aromatic nitrogens is 2. The number of sulfonamides is 1. The number of nitrogens with one attached hydrogen (secondary N) is 2. The van der Waals surface area contributed by atoms with Crippen molar-refractivity contribution in [1.29, 1.82) is 0 Å². The van der Waals surface area contributed by atoms with Crippen molar-refractivity contribution in [2.24, 2.45) is 5.73 Å². The Morgan fingerprint density at radius 2 is 2.00 bits per heavy atom. The van der Waals surface area contributed by atoms with Crippen LogP contribution in [-0.4, -0.2) is 29.4 Å². The molecule has 186 valence electrons. The minimum atomic E-state index is -4.79. The Morgan fingerprint density at radius 3 is 2.54 bits per heavy atom. The molecule has 0 saturated heterocycles. The second kappa shape index (κ2) is 9.56. The number of aryl methyl sites for hydroxylation is 1. The molecule has 4 N–H and O–H groups in total. The van der Waals surface area contributed by atoms with E-state index in [1.165, 1.54) is 13.0 Å². The summed E-state index contributed by atoms with van der Waals surface area (Å²) < 4.78 is 48.7. The Hall–Kier alpha value is -3.62. The highest BCUT2D eigenvalue weighted by Crippen LogP contribution is 2.36. The van der Waals surface area contributed by atoms with Crippen molar-refractivity contribution in [2.45, 2.75) is 37.6 Å². The van der Waals surface area contributed by atoms with Crippen molar-refractivity contribution in [1.82, 2.24) is 14.9 Å². The quantitative estimate of drug-likeness (QED) is 0.294. The summed E-state index contributed by atoms with van der Waals surface area (Å²) in [6.07, 6.45) is 0. The number of rotatable bonds is 8. The highest BCUT2D eigenvalue weighted by molar-refractivity contribution is 7.89. The molecule has 0 aliphatic heterocycles. The molecule has 1 heterocycles. The van der Waals surface area contributed by atoms with Crippen LogP contribution >= 0.6 is 11.6 Å². The zero-order valence-electron chi connectivity index (χ0n) is 18.5. The summed E-state index contributed by atoms with van der Waals surface area (Å²) in [7, 11) is -4.79. The van der Waals surface area contributed by atoms with E-state index in [4.69, 9.17) is 21.8 Å². The zero-order chi connectivity index (χ0) is 26.2. The lowest BCUT2D eigenvalue weighted by molar-refractivity contribution is -0.384. The van der Waals surface area contributed by atoms with Crippen LogP contribution in [0.4, 0.5) is 10.1 Å². The average Bonchev–Trinajstić information content (AvgIpc) is 3.20. The Bertz CT molecular complexity index is 1500. The number of carbonyl (C=O) groups is 1. The van der Waals surface area contributed by atoms with E-state index in [1.807, 2.05) is 5.10 Å². The number of hydrogen-bond acceptors (Lipinski definition) is 8. The number of nitrogens with two attached hydrogens (primary N) is 1. The number of amides is 1. The molecule has 1 aromatic heterocycles. The van der Waals surface area contributed by atoms with Crippen LogP contribution in [-0.2, 0) is 10.0 Å². The molecule has 2 atom stereocenters. The lowest BCUT2D eigenvalue weighted by atomic mass is 9.88. The highest BCUT2D eigenvalue weighted by atomic mass is 35.5. The molecule has 0 bridgehead atoms. The molecule has 35 heavy (non-hydrogen) atoms. The van der Waals surface area contributed by atoms with E-state index in [9.17, 15) is 32.5 Å². The lowest BCUT2D eigenvalue weighted by Gasteiger charge is -2.25. The molecular weight excluding hydrogens is 509 g/mol. The zero-order valence-corrected chi connectivity index (χ0v) is 20.0. The van der Waals surface area contributed by atoms with E-state index in [1.54, 1.807) is 19.9 Å². The molecule has 0 aliphatic carbocycles. The molecule has 2 aromatic carbocycles. The molecular formula is C20H19ClFN5O7S. The van der Waals surface area contributed by atoms with Crippen LogP contribution in [0.15, 0.2) is 38.4 Å². The third kappa shape index (κ3) is 5.08. The third-order valence-corrected chi connectivity index (χ3v) is 7.28. The van der Waals surface area contributed by atoms with Gasteiger partial charge in [-0.05, 0) is 42.7 Å². The maximum atomic E-state index is 14.8. The first-order valence-electron chi connectivity index (χ1n) is 9.85. The molecule has 0 unspecified atom stereocenters. The molecule has 1 amide bonds. The lowest BCUT2D eigenvalue weighted by Crippen LogP contribution is -2.34. The van der Waals surface area contributed by atoms with Gasteiger partial charge in [0, 0.05) is 12.0 Å². The van der Waals surface area contributed by atoms with Crippen molar-refractivity contribution in [2.75, 3.05) is 0 Å². The summed E-state index contributed by atoms with van der Waals surface area (Å²) >= 11 is 5.80. The number of halogens is 2. The van der Waals surface area contributed by atoms with E-state index >= 15 is 0 Å². The smallest absolute Gasteiger partial charge is 0.391 e. The first kappa shape index (κ1) is 26.0. The number of nitrogens with zero attached hydrogens (tertiary/aromatic N) is 2. The number of benzene rings is 2. The van der Waals surface area contributed by atoms with Crippen molar-refractivity contribution < 1.29 is 26.9 Å². The van der Waals surface area contributed by atoms with Crippen LogP contribution in [0.5, 0.6) is 0 Å². The van der Waals surface area contributed by atoms with E-state index in [-0.39, 0.29) is 5.56 Å². The normalized spacial score (nSPS) is 13.4. The number of primary amides is 1. The molecule has 0 radical (unpaired) electrons. The largest absolute Gasteiger partial charge is 0.434 e. The fourth-order valence-electron chi connectivity index (χ4n) is 3.60. The monoisotopic (exact) mass is 527 g/mol. The number of H-pyrrole nitrogens is 1. The highest BCUT2D eigenvalue weighted by Gasteiger charge is 2.36. The van der Waals surface area contributed by atoms with Gasteiger partial charge in [0.25, 0.3) is 5.69 Å². The van der Waals surface area contributed by atoms with Crippen LogP contribution in [0.3, 0.4) is 0 Å². The number of nitro groups is 1. The molecule has 15 heteroatoms. The third-order valence-electron chi connectivity index (χ3n) is 5.49. The molecule has 0 saturated carbocycles. The summed E-state index contributed by atoms with van der Waals surface area (Å²) in [4.78, 5) is 33.0. The van der Waals surface area contributed by atoms with E-state index < -0.39 is 71.4 Å². The predicted molar refractivity (Wildman–Crippen MR) is 121 cm³/mol. The van der Waals surface area contributed by atoms with Gasteiger partial charge < -0.3 is 10.2 Å². The average molecular weight is 528 g/mol. The Balaban J connectivity index is 2.21. The minimum Gasteiger partial charge on any atom is -0.391 e. The van der Waals surface area contributed by atoms with Gasteiger partial charge in [-0.2, -0.15) is 4.72 Å². The van der Waals surface area contributed by atoms with Gasteiger partial charge in [0.15, 0.2) is 0 Å². The van der Waals surface area contributed by atoms with E-state index in [0.717, 1.165) is 6.07 Å².